The van der Waals surface area contributed by atoms with Crippen LogP contribution in [0.4, 0.5) is 5.13 Å². The molecule has 0 saturated carbocycles. The van der Waals surface area contributed by atoms with Crippen molar-refractivity contribution in [1.29, 1.82) is 0 Å². The summed E-state index contributed by atoms with van der Waals surface area (Å²) < 4.78 is 0.977. The van der Waals surface area contributed by atoms with Crippen molar-refractivity contribution in [3.63, 3.8) is 0 Å². The van der Waals surface area contributed by atoms with Gasteiger partial charge in [-0.05, 0) is 23.8 Å². The van der Waals surface area contributed by atoms with Crippen LogP contribution in [0.15, 0.2) is 53.8 Å². The number of nitrogens with two attached hydrogens (primary N) is 1. The van der Waals surface area contributed by atoms with Crippen LogP contribution in [0.1, 0.15) is 11.1 Å². The summed E-state index contributed by atoms with van der Waals surface area (Å²) in [7, 11) is 0. The minimum atomic E-state index is -0.173. The van der Waals surface area contributed by atoms with Gasteiger partial charge in [-0.3, -0.25) is 4.79 Å². The van der Waals surface area contributed by atoms with Crippen molar-refractivity contribution in [3.05, 3.63) is 59.8 Å². The van der Waals surface area contributed by atoms with Crippen molar-refractivity contribution < 1.29 is 4.79 Å². The van der Waals surface area contributed by atoms with E-state index in [-0.39, 0.29) is 12.3 Å². The summed E-state index contributed by atoms with van der Waals surface area (Å²) in [4.78, 5) is 19.4. The number of nitrogens with zero attached hydrogens (tertiary/aromatic N) is 2. The third kappa shape index (κ3) is 3.22. The Morgan fingerprint density at radius 1 is 1.32 bits per heavy atom. The fourth-order valence-corrected chi connectivity index (χ4v) is 3.49. The van der Waals surface area contributed by atoms with Crippen LogP contribution in [0.5, 0.6) is 0 Å². The van der Waals surface area contributed by atoms with Gasteiger partial charge < -0.3 is 10.7 Å². The lowest BCUT2D eigenvalue weighted by molar-refractivity contribution is -0.120. The number of anilines is 1. The molecule has 0 saturated heterocycles. The van der Waals surface area contributed by atoms with Crippen molar-refractivity contribution >= 4 is 49.7 Å². The second-order valence-electron chi connectivity index (χ2n) is 5.61. The first kappa shape index (κ1) is 15.3. The number of hydrogen-bond acceptors (Lipinski definition) is 5. The van der Waals surface area contributed by atoms with Crippen LogP contribution in [-0.2, 0) is 11.2 Å². The van der Waals surface area contributed by atoms with E-state index in [0.717, 1.165) is 32.2 Å². The number of benzene rings is 2. The van der Waals surface area contributed by atoms with Gasteiger partial charge in [-0.1, -0.05) is 35.6 Å². The van der Waals surface area contributed by atoms with E-state index in [1.165, 1.54) is 11.3 Å². The maximum atomic E-state index is 12.1. The van der Waals surface area contributed by atoms with E-state index in [0.29, 0.717) is 5.13 Å². The van der Waals surface area contributed by atoms with Crippen LogP contribution in [0.25, 0.3) is 21.1 Å². The molecule has 4 rings (SSSR count). The molecule has 0 aliphatic rings. The number of rotatable bonds is 4. The Kier molecular flexibility index (Phi) is 3.91. The van der Waals surface area contributed by atoms with E-state index in [1.54, 1.807) is 6.21 Å². The Bertz CT molecular complexity index is 1100. The molecule has 0 fully saturated rings. The van der Waals surface area contributed by atoms with Crippen LogP contribution in [0, 0.1) is 0 Å². The molecule has 2 aromatic heterocycles. The van der Waals surface area contributed by atoms with Crippen molar-refractivity contribution in [1.82, 2.24) is 15.4 Å². The summed E-state index contributed by atoms with van der Waals surface area (Å²) in [6.45, 7) is 0. The predicted octanol–water partition coefficient (Wildman–Crippen LogP) is 3.05. The first-order chi connectivity index (χ1) is 12.2. The third-order valence-electron chi connectivity index (χ3n) is 3.85. The van der Waals surface area contributed by atoms with E-state index in [1.807, 2.05) is 48.7 Å². The normalized spacial score (nSPS) is 11.5. The Labute approximate surface area is 147 Å². The number of carbonyl (C=O) groups is 1. The van der Waals surface area contributed by atoms with E-state index >= 15 is 0 Å². The lowest BCUT2D eigenvalue weighted by Crippen LogP contribution is -2.19. The number of nitrogens with one attached hydrogen (secondary N) is 2. The summed E-state index contributed by atoms with van der Waals surface area (Å²) in [5.74, 6) is -0.173. The molecule has 4 N–H and O–H groups in total. The lowest BCUT2D eigenvalue weighted by Gasteiger charge is -2.00. The van der Waals surface area contributed by atoms with Gasteiger partial charge in [-0.25, -0.2) is 10.4 Å². The minimum Gasteiger partial charge on any atom is -0.375 e. The van der Waals surface area contributed by atoms with Gasteiger partial charge in [0.1, 0.15) is 0 Å². The molecule has 0 atom stereocenters. The molecule has 2 aromatic carbocycles. The van der Waals surface area contributed by atoms with E-state index < -0.39 is 0 Å². The maximum absolute atomic E-state index is 12.1. The van der Waals surface area contributed by atoms with Gasteiger partial charge in [0.15, 0.2) is 5.13 Å². The summed E-state index contributed by atoms with van der Waals surface area (Å²) >= 11 is 1.41. The van der Waals surface area contributed by atoms with Gasteiger partial charge in [0, 0.05) is 22.7 Å². The zero-order valence-electron chi connectivity index (χ0n) is 13.2. The third-order valence-corrected chi connectivity index (χ3v) is 4.70. The van der Waals surface area contributed by atoms with Gasteiger partial charge >= 0.3 is 0 Å². The van der Waals surface area contributed by atoms with Gasteiger partial charge in [-0.2, -0.15) is 5.10 Å². The summed E-state index contributed by atoms with van der Waals surface area (Å²) in [5, 5.41) is 5.64. The summed E-state index contributed by atoms with van der Waals surface area (Å²) in [6.07, 6.45) is 3.76. The van der Waals surface area contributed by atoms with Crippen molar-refractivity contribution in [2.45, 2.75) is 6.42 Å². The number of carbonyl (C=O) groups excluding carboxylic acids is 1. The van der Waals surface area contributed by atoms with Crippen LogP contribution in [-0.4, -0.2) is 22.1 Å². The highest BCUT2D eigenvalue weighted by atomic mass is 32.1. The molecule has 0 aliphatic heterocycles. The van der Waals surface area contributed by atoms with Gasteiger partial charge in [0.25, 0.3) is 0 Å². The minimum absolute atomic E-state index is 0.173. The Morgan fingerprint density at radius 3 is 3.12 bits per heavy atom. The van der Waals surface area contributed by atoms with Crippen molar-refractivity contribution in [3.8, 4) is 0 Å². The Hall–Kier alpha value is -3.19. The monoisotopic (exact) mass is 349 g/mol. The number of fused-ring (bicyclic) bond motifs is 2. The Morgan fingerprint density at radius 2 is 2.20 bits per heavy atom. The molecule has 1 amide bonds. The number of aromatic nitrogens is 2. The lowest BCUT2D eigenvalue weighted by atomic mass is 10.1. The van der Waals surface area contributed by atoms with E-state index in [2.05, 4.69) is 20.5 Å². The average Bonchev–Trinajstić information content (AvgIpc) is 3.17. The molecule has 0 spiro atoms. The molecule has 25 heavy (non-hydrogen) atoms. The molecule has 0 bridgehead atoms. The quantitative estimate of drug-likeness (QED) is 0.390. The largest absolute Gasteiger partial charge is 0.375 e. The molecule has 7 heteroatoms. The molecule has 124 valence electrons. The zero-order chi connectivity index (χ0) is 17.2. The number of thiazole rings is 1. The number of hydrazone groups is 1. The van der Waals surface area contributed by atoms with Crippen LogP contribution >= 0.6 is 11.3 Å². The van der Waals surface area contributed by atoms with Gasteiger partial charge in [-0.15, -0.1) is 0 Å². The standard InChI is InChI=1S/C18H15N5OS/c19-18-22-15-6-5-11(7-16(15)25-18)8-17(24)23-21-10-12-9-20-14-4-2-1-3-13(12)14/h1-7,9-10,20H,8H2,(H2,19,22)(H,23,24)/b21-10-. The molecule has 2 heterocycles. The summed E-state index contributed by atoms with van der Waals surface area (Å²) in [6, 6.07) is 13.6. The number of hydrogen-bond donors (Lipinski definition) is 3. The van der Waals surface area contributed by atoms with E-state index in [9.17, 15) is 4.79 Å². The topological polar surface area (TPSA) is 96.2 Å². The fourth-order valence-electron chi connectivity index (χ4n) is 2.70. The van der Waals surface area contributed by atoms with Crippen molar-refractivity contribution in [2.75, 3.05) is 5.73 Å². The number of nitrogen functional groups attached to an aromatic ring is 1. The highest BCUT2D eigenvalue weighted by molar-refractivity contribution is 7.22. The van der Waals surface area contributed by atoms with E-state index in [4.69, 9.17) is 5.73 Å². The fraction of sp³-hybridized carbons (Fsp3) is 0.0556. The van der Waals surface area contributed by atoms with Crippen molar-refractivity contribution in [2.24, 2.45) is 5.10 Å². The zero-order valence-corrected chi connectivity index (χ0v) is 14.0. The second kappa shape index (κ2) is 6.37. The summed E-state index contributed by atoms with van der Waals surface area (Å²) in [5.41, 5.74) is 12.0. The highest BCUT2D eigenvalue weighted by Gasteiger charge is 2.06. The maximum Gasteiger partial charge on any atom is 0.244 e. The van der Waals surface area contributed by atoms with Crippen LogP contribution < -0.4 is 11.2 Å². The van der Waals surface area contributed by atoms with Crippen LogP contribution in [0.3, 0.4) is 0 Å². The smallest absolute Gasteiger partial charge is 0.244 e. The molecular formula is C18H15N5OS. The Balaban J connectivity index is 1.42. The predicted molar refractivity (Wildman–Crippen MR) is 102 cm³/mol. The number of H-pyrrole nitrogens is 1. The number of aromatic amines is 1. The molecule has 0 radical (unpaired) electrons. The first-order valence-corrected chi connectivity index (χ1v) is 8.54. The molecule has 6 nitrogen and oxygen atoms in total. The van der Waals surface area contributed by atoms with Crippen LogP contribution in [0.2, 0.25) is 0 Å². The SMILES string of the molecule is Nc1nc2ccc(CC(=O)N/N=C\c3c[nH]c4ccccc34)cc2s1. The first-order valence-electron chi connectivity index (χ1n) is 7.72. The number of amides is 1. The molecular weight excluding hydrogens is 334 g/mol. The number of para-hydroxylation sites is 1. The van der Waals surface area contributed by atoms with Gasteiger partial charge in [0.05, 0.1) is 22.9 Å². The van der Waals surface area contributed by atoms with Gasteiger partial charge in [0.2, 0.25) is 5.91 Å². The second-order valence-corrected chi connectivity index (χ2v) is 6.68. The molecule has 0 unspecified atom stereocenters. The molecule has 0 aliphatic carbocycles. The highest BCUT2D eigenvalue weighted by Crippen LogP contribution is 2.24. The average molecular weight is 349 g/mol. The molecule has 4 aromatic rings.